The number of aryl methyl sites for hydroxylation is 2. The standard InChI is InChI=1S/C23H24ClN3O3/c1-15-9-16(2)27(25-15)14-22(28)26-7-8-30-23-19(13-26)10-18(12-21(23)29-3)17-5-4-6-20(24)11-17/h4-6,9-12H,7-8,13-14H2,1-3H3. The van der Waals surface area contributed by atoms with Gasteiger partial charge in [-0.15, -0.1) is 0 Å². The zero-order chi connectivity index (χ0) is 21.3. The number of amides is 1. The second-order valence-electron chi connectivity index (χ2n) is 7.43. The van der Waals surface area contributed by atoms with Crippen LogP contribution in [0.25, 0.3) is 11.1 Å². The second kappa shape index (κ2) is 8.40. The lowest BCUT2D eigenvalue weighted by Gasteiger charge is -2.20. The lowest BCUT2D eigenvalue weighted by atomic mass is 10.0. The molecule has 4 rings (SSSR count). The van der Waals surface area contributed by atoms with Crippen LogP contribution in [0, 0.1) is 13.8 Å². The molecule has 7 heteroatoms. The number of nitrogens with zero attached hydrogens (tertiary/aromatic N) is 3. The second-order valence-corrected chi connectivity index (χ2v) is 7.86. The fourth-order valence-corrected chi connectivity index (χ4v) is 3.94. The van der Waals surface area contributed by atoms with Crippen molar-refractivity contribution in [1.82, 2.24) is 14.7 Å². The van der Waals surface area contributed by atoms with Gasteiger partial charge in [-0.05, 0) is 55.3 Å². The molecule has 0 atom stereocenters. The van der Waals surface area contributed by atoms with Crippen LogP contribution in [0.5, 0.6) is 11.5 Å². The molecule has 0 radical (unpaired) electrons. The molecule has 0 unspecified atom stereocenters. The summed E-state index contributed by atoms with van der Waals surface area (Å²) in [5.41, 5.74) is 4.72. The van der Waals surface area contributed by atoms with E-state index >= 15 is 0 Å². The largest absolute Gasteiger partial charge is 0.493 e. The van der Waals surface area contributed by atoms with E-state index in [1.165, 1.54) is 0 Å². The molecule has 1 amide bonds. The Hall–Kier alpha value is -2.99. The van der Waals surface area contributed by atoms with E-state index in [0.29, 0.717) is 36.2 Å². The van der Waals surface area contributed by atoms with E-state index in [0.717, 1.165) is 28.1 Å². The monoisotopic (exact) mass is 425 g/mol. The number of carbonyl (C=O) groups is 1. The molecule has 2 heterocycles. The summed E-state index contributed by atoms with van der Waals surface area (Å²) in [5.74, 6) is 1.34. The van der Waals surface area contributed by atoms with Gasteiger partial charge in [0, 0.05) is 22.8 Å². The summed E-state index contributed by atoms with van der Waals surface area (Å²) in [6.45, 7) is 5.44. The molecule has 2 aromatic carbocycles. The third kappa shape index (κ3) is 4.14. The predicted molar refractivity (Wildman–Crippen MR) is 116 cm³/mol. The minimum absolute atomic E-state index is 0.00442. The van der Waals surface area contributed by atoms with Gasteiger partial charge in [-0.2, -0.15) is 5.10 Å². The van der Waals surface area contributed by atoms with Crippen molar-refractivity contribution in [2.75, 3.05) is 20.3 Å². The first-order valence-corrected chi connectivity index (χ1v) is 10.2. The number of aromatic nitrogens is 2. The van der Waals surface area contributed by atoms with Crippen molar-refractivity contribution in [2.45, 2.75) is 26.9 Å². The van der Waals surface area contributed by atoms with Gasteiger partial charge in [-0.25, -0.2) is 0 Å². The van der Waals surface area contributed by atoms with Crippen molar-refractivity contribution in [3.05, 3.63) is 64.4 Å². The molecule has 30 heavy (non-hydrogen) atoms. The lowest BCUT2D eigenvalue weighted by molar-refractivity contribution is -0.132. The molecule has 0 N–H and O–H groups in total. The van der Waals surface area contributed by atoms with Gasteiger partial charge in [0.05, 0.1) is 19.3 Å². The topological polar surface area (TPSA) is 56.6 Å². The number of methoxy groups -OCH3 is 1. The Morgan fingerprint density at radius 3 is 2.73 bits per heavy atom. The van der Waals surface area contributed by atoms with Gasteiger partial charge in [-0.3, -0.25) is 9.48 Å². The van der Waals surface area contributed by atoms with E-state index in [4.69, 9.17) is 21.1 Å². The molecule has 156 valence electrons. The SMILES string of the molecule is COc1cc(-c2cccc(Cl)c2)cc2c1OCCN(C(=O)Cn1nc(C)cc1C)C2. The summed E-state index contributed by atoms with van der Waals surface area (Å²) in [6.07, 6.45) is 0. The fourth-order valence-electron chi connectivity index (χ4n) is 3.75. The number of hydrogen-bond donors (Lipinski definition) is 0. The van der Waals surface area contributed by atoms with E-state index in [1.54, 1.807) is 11.8 Å². The Bertz CT molecular complexity index is 1090. The predicted octanol–water partition coefficient (Wildman–Crippen LogP) is 4.25. The molecule has 6 nitrogen and oxygen atoms in total. The van der Waals surface area contributed by atoms with Crippen molar-refractivity contribution in [3.8, 4) is 22.6 Å². The van der Waals surface area contributed by atoms with Crippen molar-refractivity contribution >= 4 is 17.5 Å². The lowest BCUT2D eigenvalue weighted by Crippen LogP contribution is -2.35. The van der Waals surface area contributed by atoms with Gasteiger partial charge in [0.1, 0.15) is 13.2 Å². The van der Waals surface area contributed by atoms with E-state index in [1.807, 2.05) is 61.2 Å². The van der Waals surface area contributed by atoms with Crippen LogP contribution >= 0.6 is 11.6 Å². The van der Waals surface area contributed by atoms with E-state index in [-0.39, 0.29) is 12.5 Å². The molecule has 1 aliphatic rings. The van der Waals surface area contributed by atoms with Crippen LogP contribution in [0.1, 0.15) is 17.0 Å². The summed E-state index contributed by atoms with van der Waals surface area (Å²) in [7, 11) is 1.62. The van der Waals surface area contributed by atoms with Crippen molar-refractivity contribution in [2.24, 2.45) is 0 Å². The molecule has 0 spiro atoms. The highest BCUT2D eigenvalue weighted by Gasteiger charge is 2.24. The maximum Gasteiger partial charge on any atom is 0.244 e. The van der Waals surface area contributed by atoms with Crippen LogP contribution < -0.4 is 9.47 Å². The smallest absolute Gasteiger partial charge is 0.244 e. The number of halogens is 1. The molecule has 0 saturated carbocycles. The number of fused-ring (bicyclic) bond motifs is 1. The van der Waals surface area contributed by atoms with E-state index in [2.05, 4.69) is 5.10 Å². The number of hydrogen-bond acceptors (Lipinski definition) is 4. The Labute approximate surface area is 181 Å². The van der Waals surface area contributed by atoms with Crippen LogP contribution in [0.15, 0.2) is 42.5 Å². The first-order chi connectivity index (χ1) is 14.4. The average Bonchev–Trinajstić information content (AvgIpc) is 2.91. The van der Waals surface area contributed by atoms with Gasteiger partial charge in [0.15, 0.2) is 11.5 Å². The summed E-state index contributed by atoms with van der Waals surface area (Å²) in [4.78, 5) is 14.8. The van der Waals surface area contributed by atoms with E-state index in [9.17, 15) is 4.79 Å². The molecule has 1 aromatic heterocycles. The number of ether oxygens (including phenoxy) is 2. The van der Waals surface area contributed by atoms with Gasteiger partial charge in [-0.1, -0.05) is 23.7 Å². The third-order valence-electron chi connectivity index (χ3n) is 5.22. The maximum atomic E-state index is 13.0. The first kappa shape index (κ1) is 20.3. The summed E-state index contributed by atoms with van der Waals surface area (Å²) < 4.78 is 13.3. The van der Waals surface area contributed by atoms with Crippen LogP contribution in [-0.4, -0.2) is 40.8 Å². The Morgan fingerprint density at radius 2 is 2.03 bits per heavy atom. The molecule has 3 aromatic rings. The number of rotatable bonds is 4. The molecule has 0 aliphatic carbocycles. The van der Waals surface area contributed by atoms with Gasteiger partial charge >= 0.3 is 0 Å². The Balaban J connectivity index is 1.65. The molecule has 0 fully saturated rings. The minimum atomic E-state index is 0.00442. The Kier molecular flexibility index (Phi) is 5.68. The van der Waals surface area contributed by atoms with E-state index < -0.39 is 0 Å². The summed E-state index contributed by atoms with van der Waals surface area (Å²) in [6, 6.07) is 13.6. The van der Waals surface area contributed by atoms with Crippen LogP contribution in [0.3, 0.4) is 0 Å². The zero-order valence-electron chi connectivity index (χ0n) is 17.3. The summed E-state index contributed by atoms with van der Waals surface area (Å²) in [5, 5.41) is 5.07. The quantitative estimate of drug-likeness (QED) is 0.627. The highest BCUT2D eigenvalue weighted by atomic mass is 35.5. The molecule has 0 saturated heterocycles. The minimum Gasteiger partial charge on any atom is -0.493 e. The number of benzene rings is 2. The molecule has 0 bridgehead atoms. The Morgan fingerprint density at radius 1 is 1.20 bits per heavy atom. The van der Waals surface area contributed by atoms with Crippen LogP contribution in [0.2, 0.25) is 5.02 Å². The van der Waals surface area contributed by atoms with Crippen molar-refractivity contribution in [1.29, 1.82) is 0 Å². The molecular formula is C23H24ClN3O3. The van der Waals surface area contributed by atoms with Crippen LogP contribution in [0.4, 0.5) is 0 Å². The highest BCUT2D eigenvalue weighted by Crippen LogP contribution is 2.38. The maximum absolute atomic E-state index is 13.0. The van der Waals surface area contributed by atoms with Gasteiger partial charge < -0.3 is 14.4 Å². The highest BCUT2D eigenvalue weighted by molar-refractivity contribution is 6.30. The average molecular weight is 426 g/mol. The van der Waals surface area contributed by atoms with Crippen molar-refractivity contribution < 1.29 is 14.3 Å². The van der Waals surface area contributed by atoms with Gasteiger partial charge in [0.2, 0.25) is 5.91 Å². The summed E-state index contributed by atoms with van der Waals surface area (Å²) >= 11 is 6.18. The third-order valence-corrected chi connectivity index (χ3v) is 5.45. The van der Waals surface area contributed by atoms with Crippen LogP contribution in [-0.2, 0) is 17.9 Å². The van der Waals surface area contributed by atoms with Gasteiger partial charge in [0.25, 0.3) is 0 Å². The molecular weight excluding hydrogens is 402 g/mol. The molecule has 1 aliphatic heterocycles. The van der Waals surface area contributed by atoms with Crippen molar-refractivity contribution in [3.63, 3.8) is 0 Å². The normalized spacial score (nSPS) is 13.4. The zero-order valence-corrected chi connectivity index (χ0v) is 18.1. The number of carbonyl (C=O) groups excluding carboxylic acids is 1. The fraction of sp³-hybridized carbons (Fsp3) is 0.304. The first-order valence-electron chi connectivity index (χ1n) is 9.83.